The molecule has 2 aromatic heterocycles. The monoisotopic (exact) mass is 358 g/mol. The van der Waals surface area contributed by atoms with E-state index in [0.717, 1.165) is 10.6 Å². The largest absolute Gasteiger partial charge is 0.465 e. The van der Waals surface area contributed by atoms with E-state index in [9.17, 15) is 9.59 Å². The molecule has 0 fully saturated rings. The molecule has 0 saturated carbocycles. The van der Waals surface area contributed by atoms with Gasteiger partial charge in [-0.05, 0) is 18.4 Å². The Morgan fingerprint density at radius 3 is 2.62 bits per heavy atom. The smallest absolute Gasteiger partial charge is 0.340 e. The van der Waals surface area contributed by atoms with Gasteiger partial charge in [0.15, 0.2) is 0 Å². The molecule has 1 amide bonds. The molecule has 1 aromatic carbocycles. The van der Waals surface area contributed by atoms with Crippen LogP contribution in [-0.2, 0) is 4.74 Å². The summed E-state index contributed by atoms with van der Waals surface area (Å²) in [7, 11) is 1.31. The van der Waals surface area contributed by atoms with Crippen molar-refractivity contribution in [3.63, 3.8) is 0 Å². The number of thiazole rings is 1. The van der Waals surface area contributed by atoms with Gasteiger partial charge in [0.1, 0.15) is 14.9 Å². The summed E-state index contributed by atoms with van der Waals surface area (Å²) in [6, 6.07) is 11.3. The maximum atomic E-state index is 12.6. The molecule has 0 unspecified atom stereocenters. The minimum absolute atomic E-state index is 0.278. The molecule has 2 heterocycles. The highest BCUT2D eigenvalue weighted by Gasteiger charge is 2.20. The first-order valence-corrected chi connectivity index (χ1v) is 8.79. The Hall–Kier alpha value is -2.51. The highest BCUT2D eigenvalue weighted by atomic mass is 32.1. The molecule has 7 heteroatoms. The first kappa shape index (κ1) is 16.4. The van der Waals surface area contributed by atoms with Crippen molar-refractivity contribution < 1.29 is 14.3 Å². The molecule has 24 heavy (non-hydrogen) atoms. The quantitative estimate of drug-likeness (QED) is 0.709. The summed E-state index contributed by atoms with van der Waals surface area (Å²) < 4.78 is 4.71. The zero-order chi connectivity index (χ0) is 17.1. The van der Waals surface area contributed by atoms with Crippen LogP contribution in [0.4, 0.5) is 5.00 Å². The SMILES string of the molecule is COC(=O)c1ccsc1NC(=O)c1sc(-c2ccccc2)nc1C. The number of benzene rings is 1. The van der Waals surface area contributed by atoms with E-state index >= 15 is 0 Å². The number of carbonyl (C=O) groups excluding carboxylic acids is 2. The molecular weight excluding hydrogens is 344 g/mol. The van der Waals surface area contributed by atoms with Crippen molar-refractivity contribution in [2.24, 2.45) is 0 Å². The van der Waals surface area contributed by atoms with Crippen LogP contribution in [0.15, 0.2) is 41.8 Å². The highest BCUT2D eigenvalue weighted by molar-refractivity contribution is 7.17. The Kier molecular flexibility index (Phi) is 4.73. The standard InChI is InChI=1S/C17H14N2O3S2/c1-10-13(24-15(18-10)11-6-4-3-5-7-11)14(20)19-16-12(8-9-23-16)17(21)22-2/h3-9H,1-2H3,(H,19,20). The van der Waals surface area contributed by atoms with E-state index in [1.54, 1.807) is 18.4 Å². The molecule has 0 saturated heterocycles. The van der Waals surface area contributed by atoms with E-state index < -0.39 is 5.97 Å². The molecule has 0 bridgehead atoms. The van der Waals surface area contributed by atoms with Crippen LogP contribution in [-0.4, -0.2) is 24.0 Å². The molecule has 0 spiro atoms. The lowest BCUT2D eigenvalue weighted by molar-refractivity contribution is 0.0602. The van der Waals surface area contributed by atoms with Crippen molar-refractivity contribution in [2.45, 2.75) is 6.92 Å². The fraction of sp³-hybridized carbons (Fsp3) is 0.118. The van der Waals surface area contributed by atoms with E-state index in [4.69, 9.17) is 4.74 Å². The molecule has 3 rings (SSSR count). The van der Waals surface area contributed by atoms with Crippen LogP contribution in [0.2, 0.25) is 0 Å². The minimum atomic E-state index is -0.474. The normalized spacial score (nSPS) is 10.4. The van der Waals surface area contributed by atoms with Gasteiger partial charge in [-0.15, -0.1) is 22.7 Å². The van der Waals surface area contributed by atoms with Crippen molar-refractivity contribution in [3.05, 3.63) is 57.9 Å². The summed E-state index contributed by atoms with van der Waals surface area (Å²) in [5.41, 5.74) is 1.98. The number of hydrogen-bond acceptors (Lipinski definition) is 6. The third kappa shape index (κ3) is 3.22. The highest BCUT2D eigenvalue weighted by Crippen LogP contribution is 2.30. The molecular formula is C17H14N2O3S2. The number of carbonyl (C=O) groups is 2. The summed E-state index contributed by atoms with van der Waals surface area (Å²) in [6.07, 6.45) is 0. The van der Waals surface area contributed by atoms with Gasteiger partial charge in [0, 0.05) is 5.56 Å². The molecule has 0 atom stereocenters. The topological polar surface area (TPSA) is 68.3 Å². The lowest BCUT2D eigenvalue weighted by Gasteiger charge is -2.04. The number of ether oxygens (including phenoxy) is 1. The van der Waals surface area contributed by atoms with Gasteiger partial charge in [-0.2, -0.15) is 0 Å². The van der Waals surface area contributed by atoms with Gasteiger partial charge in [-0.25, -0.2) is 9.78 Å². The fourth-order valence-electron chi connectivity index (χ4n) is 2.15. The number of thiophene rings is 1. The zero-order valence-electron chi connectivity index (χ0n) is 13.0. The molecule has 3 aromatic rings. The number of aromatic nitrogens is 1. The molecule has 0 aliphatic carbocycles. The van der Waals surface area contributed by atoms with Crippen molar-refractivity contribution in [2.75, 3.05) is 12.4 Å². The van der Waals surface area contributed by atoms with E-state index in [1.807, 2.05) is 30.3 Å². The second-order valence-electron chi connectivity index (χ2n) is 4.91. The minimum Gasteiger partial charge on any atom is -0.465 e. The number of nitrogens with one attached hydrogen (secondary N) is 1. The van der Waals surface area contributed by atoms with Gasteiger partial charge in [0.2, 0.25) is 0 Å². The molecule has 122 valence electrons. The van der Waals surface area contributed by atoms with Crippen LogP contribution in [0.3, 0.4) is 0 Å². The Balaban J connectivity index is 1.85. The Labute approximate surface area is 146 Å². The molecule has 0 radical (unpaired) electrons. The number of amides is 1. The van der Waals surface area contributed by atoms with Crippen LogP contribution >= 0.6 is 22.7 Å². The van der Waals surface area contributed by atoms with Gasteiger partial charge in [0.05, 0.1) is 18.4 Å². The molecule has 0 aliphatic rings. The average molecular weight is 358 g/mol. The number of hydrogen-bond donors (Lipinski definition) is 1. The van der Waals surface area contributed by atoms with E-state index in [-0.39, 0.29) is 5.91 Å². The first-order chi connectivity index (χ1) is 11.6. The first-order valence-electron chi connectivity index (χ1n) is 7.10. The summed E-state index contributed by atoms with van der Waals surface area (Å²) >= 11 is 2.60. The predicted molar refractivity (Wildman–Crippen MR) is 95.9 cm³/mol. The van der Waals surface area contributed by atoms with E-state index in [1.165, 1.54) is 29.8 Å². The zero-order valence-corrected chi connectivity index (χ0v) is 14.7. The van der Waals surface area contributed by atoms with Crippen LogP contribution in [0, 0.1) is 6.92 Å². The molecule has 5 nitrogen and oxygen atoms in total. The van der Waals surface area contributed by atoms with Crippen molar-refractivity contribution in [1.29, 1.82) is 0 Å². The molecule has 1 N–H and O–H groups in total. The van der Waals surface area contributed by atoms with Crippen LogP contribution in [0.1, 0.15) is 25.7 Å². The number of aryl methyl sites for hydroxylation is 1. The van der Waals surface area contributed by atoms with Gasteiger partial charge in [-0.1, -0.05) is 30.3 Å². The Bertz CT molecular complexity index is 884. The van der Waals surface area contributed by atoms with Crippen LogP contribution < -0.4 is 5.32 Å². The second kappa shape index (κ2) is 6.94. The van der Waals surface area contributed by atoms with Gasteiger partial charge >= 0.3 is 5.97 Å². The predicted octanol–water partition coefficient (Wildman–Crippen LogP) is 4.22. The summed E-state index contributed by atoms with van der Waals surface area (Å²) in [5.74, 6) is -0.752. The lowest BCUT2D eigenvalue weighted by Crippen LogP contribution is -2.13. The maximum Gasteiger partial charge on any atom is 0.340 e. The van der Waals surface area contributed by atoms with E-state index in [2.05, 4.69) is 10.3 Å². The molecule has 0 aliphatic heterocycles. The Morgan fingerprint density at radius 1 is 1.17 bits per heavy atom. The Morgan fingerprint density at radius 2 is 1.92 bits per heavy atom. The summed E-state index contributed by atoms with van der Waals surface area (Å²) in [6.45, 7) is 1.80. The number of methoxy groups -OCH3 is 1. The number of anilines is 1. The number of esters is 1. The van der Waals surface area contributed by atoms with Crippen molar-refractivity contribution >= 4 is 39.6 Å². The van der Waals surface area contributed by atoms with Crippen molar-refractivity contribution in [3.8, 4) is 10.6 Å². The number of nitrogens with zero attached hydrogens (tertiary/aromatic N) is 1. The maximum absolute atomic E-state index is 12.6. The van der Waals surface area contributed by atoms with Crippen molar-refractivity contribution in [1.82, 2.24) is 4.98 Å². The van der Waals surface area contributed by atoms with E-state index in [0.29, 0.717) is 21.1 Å². The van der Waals surface area contributed by atoms with Crippen LogP contribution in [0.5, 0.6) is 0 Å². The second-order valence-corrected chi connectivity index (χ2v) is 6.82. The van der Waals surface area contributed by atoms with Gasteiger partial charge < -0.3 is 10.1 Å². The number of rotatable bonds is 4. The average Bonchev–Trinajstić information content (AvgIpc) is 3.21. The van der Waals surface area contributed by atoms with Gasteiger partial charge in [-0.3, -0.25) is 4.79 Å². The van der Waals surface area contributed by atoms with Gasteiger partial charge in [0.25, 0.3) is 5.91 Å². The fourth-order valence-corrected chi connectivity index (χ4v) is 3.89. The summed E-state index contributed by atoms with van der Waals surface area (Å²) in [4.78, 5) is 29.2. The third-order valence-corrected chi connectivity index (χ3v) is 5.36. The summed E-state index contributed by atoms with van der Waals surface area (Å²) in [5, 5.41) is 5.77. The lowest BCUT2D eigenvalue weighted by atomic mass is 10.2. The third-order valence-electron chi connectivity index (χ3n) is 3.32. The van der Waals surface area contributed by atoms with Crippen LogP contribution in [0.25, 0.3) is 10.6 Å².